The summed E-state index contributed by atoms with van der Waals surface area (Å²) in [5.41, 5.74) is 0.520. The van der Waals surface area contributed by atoms with Crippen LogP contribution in [0.15, 0.2) is 36.5 Å². The number of methoxy groups -OCH3 is 1. The molecule has 1 N–H and O–H groups in total. The number of nitrogens with one attached hydrogen (secondary N) is 1. The maximum absolute atomic E-state index is 12.5. The highest BCUT2D eigenvalue weighted by Crippen LogP contribution is 2.29. The maximum Gasteiger partial charge on any atom is 0.257 e. The summed E-state index contributed by atoms with van der Waals surface area (Å²) in [6.45, 7) is 0. The summed E-state index contributed by atoms with van der Waals surface area (Å²) in [4.78, 5) is 28.4. The quantitative estimate of drug-likeness (QED) is 0.849. The SMILES string of the molecule is COc1ccc(NC(=O)c2cc(N3C(=O)CCS3(=O)=O)ccc2Cl)cn1. The van der Waals surface area contributed by atoms with Crippen LogP contribution in [-0.4, -0.2) is 38.1 Å². The second-order valence-electron chi connectivity index (χ2n) is 5.43. The Morgan fingerprint density at radius 3 is 2.65 bits per heavy atom. The van der Waals surface area contributed by atoms with Crippen LogP contribution in [0.1, 0.15) is 16.8 Å². The number of hydrogen-bond acceptors (Lipinski definition) is 6. The van der Waals surface area contributed by atoms with Gasteiger partial charge in [0.15, 0.2) is 0 Å². The van der Waals surface area contributed by atoms with E-state index in [0.717, 1.165) is 0 Å². The van der Waals surface area contributed by atoms with Crippen molar-refractivity contribution in [2.75, 3.05) is 22.5 Å². The summed E-state index contributed by atoms with van der Waals surface area (Å²) in [6, 6.07) is 7.20. The van der Waals surface area contributed by atoms with Crippen LogP contribution in [0.3, 0.4) is 0 Å². The molecule has 2 heterocycles. The van der Waals surface area contributed by atoms with E-state index in [2.05, 4.69) is 10.3 Å². The van der Waals surface area contributed by atoms with E-state index in [9.17, 15) is 18.0 Å². The van der Waals surface area contributed by atoms with Gasteiger partial charge in [-0.2, -0.15) is 0 Å². The molecule has 0 bridgehead atoms. The van der Waals surface area contributed by atoms with E-state index < -0.39 is 21.8 Å². The number of halogens is 1. The van der Waals surface area contributed by atoms with Crippen molar-refractivity contribution in [3.63, 3.8) is 0 Å². The van der Waals surface area contributed by atoms with Gasteiger partial charge in [0.2, 0.25) is 21.8 Å². The predicted molar refractivity (Wildman–Crippen MR) is 96.1 cm³/mol. The third-order valence-electron chi connectivity index (χ3n) is 3.71. The van der Waals surface area contributed by atoms with E-state index in [4.69, 9.17) is 16.3 Å². The van der Waals surface area contributed by atoms with Gasteiger partial charge in [0.1, 0.15) is 0 Å². The van der Waals surface area contributed by atoms with Gasteiger partial charge in [0, 0.05) is 12.5 Å². The number of ether oxygens (including phenoxy) is 1. The van der Waals surface area contributed by atoms with E-state index in [0.29, 0.717) is 15.9 Å². The highest BCUT2D eigenvalue weighted by molar-refractivity contribution is 7.94. The van der Waals surface area contributed by atoms with E-state index in [-0.39, 0.29) is 28.4 Å². The Labute approximate surface area is 154 Å². The molecule has 0 atom stereocenters. The van der Waals surface area contributed by atoms with Crippen LogP contribution in [0.4, 0.5) is 11.4 Å². The molecule has 8 nitrogen and oxygen atoms in total. The molecule has 1 aliphatic heterocycles. The fourth-order valence-electron chi connectivity index (χ4n) is 2.46. The third kappa shape index (κ3) is 3.49. The Balaban J connectivity index is 1.89. The first-order valence-corrected chi connectivity index (χ1v) is 9.47. The third-order valence-corrected chi connectivity index (χ3v) is 5.73. The lowest BCUT2D eigenvalue weighted by atomic mass is 10.1. The van der Waals surface area contributed by atoms with E-state index in [1.807, 2.05) is 0 Å². The van der Waals surface area contributed by atoms with E-state index in [1.165, 1.54) is 31.5 Å². The van der Waals surface area contributed by atoms with E-state index in [1.54, 1.807) is 12.1 Å². The minimum absolute atomic E-state index is 0.0369. The molecule has 0 unspecified atom stereocenters. The fraction of sp³-hybridized carbons (Fsp3) is 0.188. The molecule has 136 valence electrons. The monoisotopic (exact) mass is 395 g/mol. The molecule has 1 fully saturated rings. The van der Waals surface area contributed by atoms with Crippen molar-refractivity contribution < 1.29 is 22.7 Å². The molecule has 26 heavy (non-hydrogen) atoms. The van der Waals surface area contributed by atoms with Crippen LogP contribution in [0.5, 0.6) is 5.88 Å². The zero-order valence-electron chi connectivity index (χ0n) is 13.6. The maximum atomic E-state index is 12.5. The molecule has 1 aromatic heterocycles. The van der Waals surface area contributed by atoms with Gasteiger partial charge in [-0.1, -0.05) is 11.6 Å². The molecule has 0 aliphatic carbocycles. The number of anilines is 2. The minimum Gasteiger partial charge on any atom is -0.481 e. The number of pyridine rings is 1. The summed E-state index contributed by atoms with van der Waals surface area (Å²) in [5.74, 6) is -0.972. The van der Waals surface area contributed by atoms with Gasteiger partial charge in [0.25, 0.3) is 5.91 Å². The highest BCUT2D eigenvalue weighted by Gasteiger charge is 2.36. The van der Waals surface area contributed by atoms with Crippen LogP contribution in [0.2, 0.25) is 5.02 Å². The number of nitrogens with zero attached hydrogens (tertiary/aromatic N) is 2. The average molecular weight is 396 g/mol. The molecule has 1 aromatic carbocycles. The van der Waals surface area contributed by atoms with Crippen LogP contribution in [0, 0.1) is 0 Å². The van der Waals surface area contributed by atoms with Gasteiger partial charge in [-0.05, 0) is 24.3 Å². The number of carbonyl (C=O) groups is 2. The lowest BCUT2D eigenvalue weighted by molar-refractivity contribution is -0.116. The van der Waals surface area contributed by atoms with Crippen molar-refractivity contribution in [3.8, 4) is 5.88 Å². The van der Waals surface area contributed by atoms with Gasteiger partial charge in [-0.25, -0.2) is 17.7 Å². The second kappa shape index (κ2) is 6.93. The molecule has 1 saturated heterocycles. The second-order valence-corrected chi connectivity index (χ2v) is 7.78. The van der Waals surface area contributed by atoms with Gasteiger partial charge in [0.05, 0.1) is 41.0 Å². The number of amides is 2. The molecular formula is C16H14ClN3O5S. The molecule has 0 spiro atoms. The number of rotatable bonds is 4. The van der Waals surface area contributed by atoms with Gasteiger partial charge in [-0.3, -0.25) is 9.59 Å². The summed E-state index contributed by atoms with van der Waals surface area (Å²) < 4.78 is 29.7. The highest BCUT2D eigenvalue weighted by atomic mass is 35.5. The fourth-order valence-corrected chi connectivity index (χ4v) is 4.11. The number of sulfonamides is 1. The van der Waals surface area contributed by atoms with Gasteiger partial charge in [-0.15, -0.1) is 0 Å². The standard InChI is InChI=1S/C16H14ClN3O5S/c1-25-14-5-2-10(9-18-14)19-16(22)12-8-11(3-4-13(12)17)20-15(21)6-7-26(20,23)24/h2-5,8-9H,6-7H2,1H3,(H,19,22). The number of carbonyl (C=O) groups excluding carboxylic acids is 2. The number of benzene rings is 1. The topological polar surface area (TPSA) is 106 Å². The molecule has 0 saturated carbocycles. The molecule has 2 amide bonds. The van der Waals surface area contributed by atoms with Crippen molar-refractivity contribution >= 4 is 44.8 Å². The van der Waals surface area contributed by atoms with Crippen molar-refractivity contribution in [3.05, 3.63) is 47.1 Å². The zero-order chi connectivity index (χ0) is 18.9. The van der Waals surface area contributed by atoms with Crippen LogP contribution in [-0.2, 0) is 14.8 Å². The Morgan fingerprint density at radius 2 is 2.08 bits per heavy atom. The van der Waals surface area contributed by atoms with Crippen molar-refractivity contribution in [1.82, 2.24) is 4.98 Å². The van der Waals surface area contributed by atoms with Crippen LogP contribution < -0.4 is 14.4 Å². The normalized spacial score (nSPS) is 15.8. The number of aromatic nitrogens is 1. The molecule has 10 heteroatoms. The van der Waals surface area contributed by atoms with Crippen molar-refractivity contribution in [2.24, 2.45) is 0 Å². The largest absolute Gasteiger partial charge is 0.481 e. The Hall–Kier alpha value is -2.65. The summed E-state index contributed by atoms with van der Waals surface area (Å²) in [7, 11) is -2.25. The predicted octanol–water partition coefficient (Wildman–Crippen LogP) is 2.06. The summed E-state index contributed by atoms with van der Waals surface area (Å²) in [5, 5.41) is 2.73. The first-order valence-electron chi connectivity index (χ1n) is 7.48. The lowest BCUT2D eigenvalue weighted by Crippen LogP contribution is -2.29. The van der Waals surface area contributed by atoms with Crippen LogP contribution in [0.25, 0.3) is 0 Å². The Morgan fingerprint density at radius 1 is 1.31 bits per heavy atom. The van der Waals surface area contributed by atoms with Gasteiger partial charge >= 0.3 is 0 Å². The Bertz CT molecular complexity index is 976. The van der Waals surface area contributed by atoms with Gasteiger partial charge < -0.3 is 10.1 Å². The Kier molecular flexibility index (Phi) is 4.84. The first-order chi connectivity index (χ1) is 12.3. The summed E-state index contributed by atoms with van der Waals surface area (Å²) >= 11 is 6.07. The zero-order valence-corrected chi connectivity index (χ0v) is 15.2. The smallest absolute Gasteiger partial charge is 0.257 e. The first kappa shape index (κ1) is 18.2. The lowest BCUT2D eigenvalue weighted by Gasteiger charge is -2.16. The van der Waals surface area contributed by atoms with Crippen LogP contribution >= 0.6 is 11.6 Å². The minimum atomic E-state index is -3.73. The average Bonchev–Trinajstić information content (AvgIpc) is 2.89. The molecule has 1 aliphatic rings. The van der Waals surface area contributed by atoms with Crippen molar-refractivity contribution in [1.29, 1.82) is 0 Å². The van der Waals surface area contributed by atoms with Crippen molar-refractivity contribution in [2.45, 2.75) is 6.42 Å². The van der Waals surface area contributed by atoms with E-state index >= 15 is 0 Å². The molecular weight excluding hydrogens is 382 g/mol. The molecule has 0 radical (unpaired) electrons. The summed E-state index contributed by atoms with van der Waals surface area (Å²) in [6.07, 6.45) is 1.31. The molecule has 3 rings (SSSR count). The molecule has 2 aromatic rings. The number of hydrogen-bond donors (Lipinski definition) is 1.